The smallest absolute Gasteiger partial charge is 0.302 e. The van der Waals surface area contributed by atoms with E-state index in [1.54, 1.807) is 6.92 Å². The van der Waals surface area contributed by atoms with Gasteiger partial charge < -0.3 is 4.74 Å². The minimum Gasteiger partial charge on any atom is -0.462 e. The lowest BCUT2D eigenvalue weighted by atomic mass is 9.32. The molecule has 0 aromatic carbocycles. The first-order valence-corrected chi connectivity index (χ1v) is 15.1. The Kier molecular flexibility index (Phi) is 6.19. The lowest BCUT2D eigenvalue weighted by molar-refractivity contribution is -0.248. The molecule has 5 aliphatic carbocycles. The summed E-state index contributed by atoms with van der Waals surface area (Å²) in [7, 11) is 0. The molecular formula is C32H49ClO3. The number of ether oxygens (including phenoxy) is 1. The molecule has 0 heterocycles. The van der Waals surface area contributed by atoms with Crippen molar-refractivity contribution in [1.29, 1.82) is 0 Å². The molecular weight excluding hydrogens is 468 g/mol. The van der Waals surface area contributed by atoms with Crippen LogP contribution in [-0.4, -0.2) is 17.3 Å². The fourth-order valence-electron chi connectivity index (χ4n) is 11.9. The molecule has 0 bridgehead atoms. The van der Waals surface area contributed by atoms with Crippen LogP contribution in [0.15, 0.2) is 12.2 Å². The van der Waals surface area contributed by atoms with Crippen molar-refractivity contribution in [3.63, 3.8) is 0 Å². The van der Waals surface area contributed by atoms with E-state index in [9.17, 15) is 9.59 Å². The molecule has 0 amide bonds. The Hall–Kier alpha value is -0.830. The number of carbonyl (C=O) groups is 2. The Balaban J connectivity index is 1.52. The number of esters is 1. The van der Waals surface area contributed by atoms with E-state index in [1.165, 1.54) is 31.3 Å². The van der Waals surface area contributed by atoms with E-state index in [0.717, 1.165) is 38.5 Å². The molecule has 0 saturated heterocycles. The second-order valence-corrected chi connectivity index (χ2v) is 15.4. The molecule has 5 fully saturated rings. The minimum absolute atomic E-state index is 0.0129. The van der Waals surface area contributed by atoms with E-state index in [4.69, 9.17) is 16.3 Å². The van der Waals surface area contributed by atoms with Gasteiger partial charge in [0.15, 0.2) is 0 Å². The molecule has 10 atom stereocenters. The highest BCUT2D eigenvalue weighted by atomic mass is 35.5. The van der Waals surface area contributed by atoms with Gasteiger partial charge in [0.2, 0.25) is 5.24 Å². The number of hydrogen-bond donors (Lipinski definition) is 0. The van der Waals surface area contributed by atoms with Gasteiger partial charge in [-0.2, -0.15) is 0 Å². The first-order valence-electron chi connectivity index (χ1n) is 14.7. The number of rotatable bonds is 3. The maximum Gasteiger partial charge on any atom is 0.302 e. The van der Waals surface area contributed by atoms with Gasteiger partial charge in [0.25, 0.3) is 0 Å². The molecule has 4 heteroatoms. The van der Waals surface area contributed by atoms with E-state index in [1.807, 2.05) is 0 Å². The van der Waals surface area contributed by atoms with E-state index >= 15 is 0 Å². The summed E-state index contributed by atoms with van der Waals surface area (Å²) >= 11 is 6.46. The zero-order valence-electron chi connectivity index (χ0n) is 23.8. The van der Waals surface area contributed by atoms with Crippen LogP contribution >= 0.6 is 11.6 Å². The van der Waals surface area contributed by atoms with Gasteiger partial charge in [-0.1, -0.05) is 46.8 Å². The lowest BCUT2D eigenvalue weighted by Crippen LogP contribution is -2.67. The molecule has 5 saturated carbocycles. The highest BCUT2D eigenvalue weighted by molar-refractivity contribution is 6.64. The fraction of sp³-hybridized carbons (Fsp3) is 0.875. The molecule has 7 unspecified atom stereocenters. The number of carbonyl (C=O) groups excluding carboxylic acids is 2. The summed E-state index contributed by atoms with van der Waals surface area (Å²) in [6.07, 6.45) is 11.1. The molecule has 0 radical (unpaired) electrons. The fourth-order valence-corrected chi connectivity index (χ4v) is 12.2. The third kappa shape index (κ3) is 3.29. The Morgan fingerprint density at radius 2 is 1.50 bits per heavy atom. The highest BCUT2D eigenvalue weighted by Gasteiger charge is 2.71. The quantitative estimate of drug-likeness (QED) is 0.215. The molecule has 36 heavy (non-hydrogen) atoms. The van der Waals surface area contributed by atoms with E-state index in [2.05, 4.69) is 48.1 Å². The molecule has 202 valence electrons. The summed E-state index contributed by atoms with van der Waals surface area (Å²) in [6.45, 7) is 20.6. The van der Waals surface area contributed by atoms with Gasteiger partial charge >= 0.3 is 5.97 Å². The van der Waals surface area contributed by atoms with E-state index in [0.29, 0.717) is 29.6 Å². The predicted molar refractivity (Wildman–Crippen MR) is 145 cm³/mol. The van der Waals surface area contributed by atoms with Crippen molar-refractivity contribution in [3.8, 4) is 0 Å². The monoisotopic (exact) mass is 516 g/mol. The minimum atomic E-state index is -0.344. The van der Waals surface area contributed by atoms with Gasteiger partial charge in [-0.25, -0.2) is 0 Å². The molecule has 0 N–H and O–H groups in total. The lowest BCUT2D eigenvalue weighted by Gasteiger charge is -2.72. The Morgan fingerprint density at radius 3 is 2.11 bits per heavy atom. The van der Waals surface area contributed by atoms with Crippen LogP contribution < -0.4 is 0 Å². The van der Waals surface area contributed by atoms with Crippen molar-refractivity contribution in [2.45, 2.75) is 119 Å². The molecule has 0 spiro atoms. The molecule has 0 aromatic rings. The average Bonchev–Trinajstić information content (AvgIpc) is 3.17. The Morgan fingerprint density at radius 1 is 0.806 bits per heavy atom. The van der Waals surface area contributed by atoms with Crippen molar-refractivity contribution in [2.75, 3.05) is 0 Å². The van der Waals surface area contributed by atoms with Gasteiger partial charge in [-0.15, -0.1) is 0 Å². The topological polar surface area (TPSA) is 43.4 Å². The van der Waals surface area contributed by atoms with Crippen LogP contribution in [0.3, 0.4) is 0 Å². The summed E-state index contributed by atoms with van der Waals surface area (Å²) in [4.78, 5) is 24.9. The van der Waals surface area contributed by atoms with Gasteiger partial charge in [-0.05, 0) is 129 Å². The SMILES string of the molecule is C=C(C)C1CCC2(C(=O)Cl)CC[C@]3(C)C(CC[C@@H]4C5(C)CCC(OC(C)=O)C(C)(C)[C@@H]5CCC43C)C12. The summed E-state index contributed by atoms with van der Waals surface area (Å²) in [6, 6.07) is 0. The van der Waals surface area contributed by atoms with Crippen molar-refractivity contribution in [1.82, 2.24) is 0 Å². The number of allylic oxidation sites excluding steroid dienone is 1. The number of hydrogen-bond acceptors (Lipinski definition) is 3. The predicted octanol–water partition coefficient (Wildman–Crippen LogP) is 8.34. The third-order valence-electron chi connectivity index (χ3n) is 13.7. The van der Waals surface area contributed by atoms with Crippen molar-refractivity contribution in [2.24, 2.45) is 56.7 Å². The first-order chi connectivity index (χ1) is 16.6. The van der Waals surface area contributed by atoms with Crippen LogP contribution in [0.5, 0.6) is 0 Å². The molecule has 3 nitrogen and oxygen atoms in total. The maximum atomic E-state index is 13.0. The van der Waals surface area contributed by atoms with Crippen LogP contribution in [0.2, 0.25) is 0 Å². The van der Waals surface area contributed by atoms with Crippen molar-refractivity contribution >= 4 is 22.8 Å². The Labute approximate surface area is 224 Å². The average molecular weight is 517 g/mol. The number of halogens is 1. The van der Waals surface area contributed by atoms with Crippen LogP contribution in [0.1, 0.15) is 113 Å². The largest absolute Gasteiger partial charge is 0.462 e. The first kappa shape index (κ1) is 26.8. The van der Waals surface area contributed by atoms with Crippen LogP contribution in [0.25, 0.3) is 0 Å². The third-order valence-corrected chi connectivity index (χ3v) is 14.1. The van der Waals surface area contributed by atoms with Crippen LogP contribution in [0, 0.1) is 56.7 Å². The summed E-state index contributed by atoms with van der Waals surface area (Å²) in [5.41, 5.74) is 1.60. The summed E-state index contributed by atoms with van der Waals surface area (Å²) in [5, 5.41) is -0.0770. The van der Waals surface area contributed by atoms with Crippen LogP contribution in [-0.2, 0) is 14.3 Å². The second kappa shape index (κ2) is 8.33. The summed E-state index contributed by atoms with van der Waals surface area (Å²) in [5.74, 6) is 2.37. The van der Waals surface area contributed by atoms with E-state index < -0.39 is 0 Å². The zero-order valence-corrected chi connectivity index (χ0v) is 24.6. The summed E-state index contributed by atoms with van der Waals surface area (Å²) < 4.78 is 5.89. The van der Waals surface area contributed by atoms with Gasteiger partial charge in [-0.3, -0.25) is 9.59 Å². The van der Waals surface area contributed by atoms with Crippen molar-refractivity contribution in [3.05, 3.63) is 12.2 Å². The van der Waals surface area contributed by atoms with Gasteiger partial charge in [0, 0.05) is 17.8 Å². The van der Waals surface area contributed by atoms with Gasteiger partial charge in [0.05, 0.1) is 0 Å². The highest BCUT2D eigenvalue weighted by Crippen LogP contribution is 2.77. The second-order valence-electron chi connectivity index (χ2n) is 15.1. The Bertz CT molecular complexity index is 970. The van der Waals surface area contributed by atoms with Crippen LogP contribution in [0.4, 0.5) is 0 Å². The normalized spacial score (nSPS) is 51.2. The molecule has 5 aliphatic rings. The molecule has 0 aromatic heterocycles. The zero-order chi connectivity index (χ0) is 26.5. The number of fused-ring (bicyclic) bond motifs is 7. The van der Waals surface area contributed by atoms with Gasteiger partial charge in [0.1, 0.15) is 6.10 Å². The van der Waals surface area contributed by atoms with E-state index in [-0.39, 0.29) is 44.4 Å². The molecule has 5 rings (SSSR count). The molecule has 0 aliphatic heterocycles. The standard InChI is InChI=1S/C32H49ClO3/c1-19(2)21-11-16-32(27(33)35)18-17-30(7)22(26(21)32)9-10-24-29(6)14-13-25(36-20(3)34)28(4,5)23(29)12-15-31(24,30)8/h21-26H,1,9-18H2,2-8H3/t21?,22?,23-,24+,25?,26?,29?,30+,31?,32?/m0/s1. The van der Waals surface area contributed by atoms with Crippen molar-refractivity contribution < 1.29 is 14.3 Å². The maximum absolute atomic E-state index is 13.0.